The number of carbonyl (C=O) groups is 3. The third-order valence-electron chi connectivity index (χ3n) is 5.36. The van der Waals surface area contributed by atoms with E-state index in [2.05, 4.69) is 0 Å². The van der Waals surface area contributed by atoms with Crippen LogP contribution in [-0.2, 0) is 14.3 Å². The van der Waals surface area contributed by atoms with E-state index in [1.807, 2.05) is 20.8 Å². The maximum Gasteiger partial charge on any atom is 0.328 e. The van der Waals surface area contributed by atoms with Crippen molar-refractivity contribution in [2.24, 2.45) is 5.41 Å². The Labute approximate surface area is 165 Å². The summed E-state index contributed by atoms with van der Waals surface area (Å²) >= 11 is 0. The van der Waals surface area contributed by atoms with E-state index in [0.717, 1.165) is 0 Å². The van der Waals surface area contributed by atoms with E-state index in [9.17, 15) is 19.5 Å². The van der Waals surface area contributed by atoms with Gasteiger partial charge in [0.05, 0.1) is 6.61 Å². The number of hydrogen-bond donors (Lipinski definition) is 1. The Hall–Kier alpha value is -2.41. The van der Waals surface area contributed by atoms with Crippen LogP contribution in [0.2, 0.25) is 0 Å². The Morgan fingerprint density at radius 1 is 1.14 bits per heavy atom. The Morgan fingerprint density at radius 2 is 1.75 bits per heavy atom. The van der Waals surface area contributed by atoms with Crippen LogP contribution < -0.4 is 0 Å². The van der Waals surface area contributed by atoms with Crippen molar-refractivity contribution in [3.05, 3.63) is 35.9 Å². The first-order chi connectivity index (χ1) is 13.1. The van der Waals surface area contributed by atoms with Crippen molar-refractivity contribution in [2.45, 2.75) is 51.8 Å². The largest absolute Gasteiger partial charge is 0.480 e. The molecule has 2 heterocycles. The van der Waals surface area contributed by atoms with Gasteiger partial charge in [0.2, 0.25) is 5.91 Å². The smallest absolute Gasteiger partial charge is 0.328 e. The second kappa shape index (κ2) is 7.54. The molecule has 1 N–H and O–H groups in total. The highest BCUT2D eigenvalue weighted by Crippen LogP contribution is 2.39. The SMILES string of the molecule is CC(C)(C)CC(=O)N1CCC2(CC1)OC[C@H](C(=O)O)N2C(=O)c1ccccc1. The van der Waals surface area contributed by atoms with Crippen LogP contribution in [0.3, 0.4) is 0 Å². The lowest BCUT2D eigenvalue weighted by Crippen LogP contribution is -2.58. The van der Waals surface area contributed by atoms with E-state index in [-0.39, 0.29) is 23.8 Å². The average Bonchev–Trinajstić information content (AvgIpc) is 3.00. The molecule has 0 unspecified atom stereocenters. The van der Waals surface area contributed by atoms with Crippen molar-refractivity contribution in [3.63, 3.8) is 0 Å². The van der Waals surface area contributed by atoms with Crippen molar-refractivity contribution >= 4 is 17.8 Å². The summed E-state index contributed by atoms with van der Waals surface area (Å²) in [5, 5.41) is 9.62. The molecule has 7 heteroatoms. The first-order valence-corrected chi connectivity index (χ1v) is 9.66. The van der Waals surface area contributed by atoms with Crippen molar-refractivity contribution < 1.29 is 24.2 Å². The van der Waals surface area contributed by atoms with Gasteiger partial charge in [0.1, 0.15) is 5.72 Å². The maximum absolute atomic E-state index is 13.1. The van der Waals surface area contributed by atoms with Gasteiger partial charge in [0, 0.05) is 37.9 Å². The normalized spacial score (nSPS) is 21.8. The van der Waals surface area contributed by atoms with E-state index in [1.165, 1.54) is 4.90 Å². The van der Waals surface area contributed by atoms with Gasteiger partial charge in [0.15, 0.2) is 6.04 Å². The number of benzene rings is 1. The van der Waals surface area contributed by atoms with Gasteiger partial charge in [-0.3, -0.25) is 14.5 Å². The Morgan fingerprint density at radius 3 is 2.29 bits per heavy atom. The fourth-order valence-electron chi connectivity index (χ4n) is 3.95. The van der Waals surface area contributed by atoms with E-state index in [4.69, 9.17) is 4.74 Å². The molecule has 1 aromatic carbocycles. The van der Waals surface area contributed by atoms with Gasteiger partial charge in [-0.05, 0) is 17.5 Å². The summed E-state index contributed by atoms with van der Waals surface area (Å²) in [5.74, 6) is -1.34. The molecule has 3 rings (SSSR count). The molecule has 0 aromatic heterocycles. The first-order valence-electron chi connectivity index (χ1n) is 9.66. The Bertz CT molecular complexity index is 748. The minimum Gasteiger partial charge on any atom is -0.480 e. The number of carbonyl (C=O) groups excluding carboxylic acids is 2. The number of ether oxygens (including phenoxy) is 1. The number of hydrogen-bond acceptors (Lipinski definition) is 4. The van der Waals surface area contributed by atoms with Gasteiger partial charge < -0.3 is 14.7 Å². The standard InChI is InChI=1S/C21H28N2O5/c1-20(2,3)13-17(24)22-11-9-21(10-12-22)23(16(14-28-21)19(26)27)18(25)15-7-5-4-6-8-15/h4-8,16H,9-14H2,1-3H3,(H,26,27)/t16-/m1/s1. The quantitative estimate of drug-likeness (QED) is 0.859. The van der Waals surface area contributed by atoms with Gasteiger partial charge in [-0.25, -0.2) is 4.79 Å². The zero-order chi connectivity index (χ0) is 20.5. The average molecular weight is 388 g/mol. The minimum absolute atomic E-state index is 0.0379. The third-order valence-corrected chi connectivity index (χ3v) is 5.36. The van der Waals surface area contributed by atoms with Crippen LogP contribution >= 0.6 is 0 Å². The third kappa shape index (κ3) is 4.04. The predicted octanol–water partition coefficient (Wildman–Crippen LogP) is 2.37. The van der Waals surface area contributed by atoms with E-state index >= 15 is 0 Å². The molecule has 152 valence electrons. The number of rotatable bonds is 3. The number of piperidine rings is 1. The molecule has 2 saturated heterocycles. The lowest BCUT2D eigenvalue weighted by Gasteiger charge is -2.44. The molecular formula is C21H28N2O5. The molecule has 2 fully saturated rings. The van der Waals surface area contributed by atoms with Crippen molar-refractivity contribution in [3.8, 4) is 0 Å². The molecule has 2 aliphatic rings. The highest BCUT2D eigenvalue weighted by Gasteiger charge is 2.54. The molecule has 2 aliphatic heterocycles. The zero-order valence-electron chi connectivity index (χ0n) is 16.7. The van der Waals surface area contributed by atoms with Gasteiger partial charge in [0.25, 0.3) is 5.91 Å². The van der Waals surface area contributed by atoms with Crippen LogP contribution in [0, 0.1) is 5.41 Å². The highest BCUT2D eigenvalue weighted by molar-refractivity contribution is 5.97. The van der Waals surface area contributed by atoms with E-state index in [1.54, 1.807) is 35.2 Å². The van der Waals surface area contributed by atoms with Crippen LogP contribution in [0.15, 0.2) is 30.3 Å². The van der Waals surface area contributed by atoms with Crippen LogP contribution in [0.1, 0.15) is 50.4 Å². The first kappa shape index (κ1) is 20.3. The number of amides is 2. The molecule has 7 nitrogen and oxygen atoms in total. The Kier molecular flexibility index (Phi) is 5.48. The summed E-state index contributed by atoms with van der Waals surface area (Å²) in [6.07, 6.45) is 1.27. The summed E-state index contributed by atoms with van der Waals surface area (Å²) in [6.45, 7) is 6.92. The molecule has 0 aliphatic carbocycles. The molecule has 0 bridgehead atoms. The van der Waals surface area contributed by atoms with Crippen LogP contribution in [0.5, 0.6) is 0 Å². The van der Waals surface area contributed by atoms with Crippen LogP contribution in [0.25, 0.3) is 0 Å². The number of carboxylic acids is 1. The minimum atomic E-state index is -1.08. The molecule has 1 atom stereocenters. The number of carboxylic acid groups (broad SMARTS) is 1. The molecule has 0 radical (unpaired) electrons. The molecule has 28 heavy (non-hydrogen) atoms. The fraction of sp³-hybridized carbons (Fsp3) is 0.571. The second-order valence-corrected chi connectivity index (χ2v) is 8.77. The summed E-state index contributed by atoms with van der Waals surface area (Å²) < 4.78 is 5.93. The topological polar surface area (TPSA) is 87.2 Å². The Balaban J connectivity index is 1.79. The molecule has 2 amide bonds. The monoisotopic (exact) mass is 388 g/mol. The van der Waals surface area contributed by atoms with Gasteiger partial charge in [-0.15, -0.1) is 0 Å². The summed E-state index contributed by atoms with van der Waals surface area (Å²) in [7, 11) is 0. The van der Waals surface area contributed by atoms with Gasteiger partial charge in [-0.1, -0.05) is 39.0 Å². The fourth-order valence-corrected chi connectivity index (χ4v) is 3.95. The predicted molar refractivity (Wildman–Crippen MR) is 103 cm³/mol. The van der Waals surface area contributed by atoms with Crippen molar-refractivity contribution in [1.29, 1.82) is 0 Å². The second-order valence-electron chi connectivity index (χ2n) is 8.77. The van der Waals surface area contributed by atoms with Crippen molar-refractivity contribution in [1.82, 2.24) is 9.80 Å². The van der Waals surface area contributed by atoms with Crippen LogP contribution in [0.4, 0.5) is 0 Å². The summed E-state index contributed by atoms with van der Waals surface area (Å²) in [4.78, 5) is 40.6. The van der Waals surface area contributed by atoms with Crippen molar-refractivity contribution in [2.75, 3.05) is 19.7 Å². The number of likely N-dealkylation sites (tertiary alicyclic amines) is 1. The zero-order valence-corrected chi connectivity index (χ0v) is 16.7. The molecule has 0 saturated carbocycles. The molecule has 1 spiro atoms. The number of aliphatic carboxylic acids is 1. The van der Waals surface area contributed by atoms with Gasteiger partial charge >= 0.3 is 5.97 Å². The highest BCUT2D eigenvalue weighted by atomic mass is 16.5. The number of nitrogens with zero attached hydrogens (tertiary/aromatic N) is 2. The molecule has 1 aromatic rings. The lowest BCUT2D eigenvalue weighted by molar-refractivity contribution is -0.148. The molecular weight excluding hydrogens is 360 g/mol. The van der Waals surface area contributed by atoms with E-state index in [0.29, 0.717) is 37.9 Å². The van der Waals surface area contributed by atoms with Crippen LogP contribution in [-0.4, -0.2) is 64.2 Å². The van der Waals surface area contributed by atoms with E-state index < -0.39 is 17.7 Å². The lowest BCUT2D eigenvalue weighted by atomic mass is 9.90. The van der Waals surface area contributed by atoms with Gasteiger partial charge in [-0.2, -0.15) is 0 Å². The maximum atomic E-state index is 13.1. The summed E-state index contributed by atoms with van der Waals surface area (Å²) in [6, 6.07) is 7.64. The summed E-state index contributed by atoms with van der Waals surface area (Å²) in [5.41, 5.74) is -0.640.